The molecule has 0 fully saturated rings. The topological polar surface area (TPSA) is 30.2 Å². The van der Waals surface area contributed by atoms with Crippen LogP contribution in [0.5, 0.6) is 0 Å². The van der Waals surface area contributed by atoms with Crippen molar-refractivity contribution in [3.05, 3.63) is 28.8 Å². The molecule has 0 aliphatic heterocycles. The fourth-order valence-corrected chi connectivity index (χ4v) is 1.59. The summed E-state index contributed by atoms with van der Waals surface area (Å²) in [5.41, 5.74) is 1.00. The summed E-state index contributed by atoms with van der Waals surface area (Å²) in [4.78, 5) is 4.21. The zero-order chi connectivity index (χ0) is 7.84. The van der Waals surface area contributed by atoms with Gasteiger partial charge in [0.1, 0.15) is 10.4 Å². The molecule has 0 bridgehead atoms. The quantitative estimate of drug-likeness (QED) is 0.666. The monoisotopic (exact) mass is 211 g/mol. The van der Waals surface area contributed by atoms with Crippen LogP contribution >= 0.6 is 15.9 Å². The minimum absolute atomic E-state index is 0.850. The summed E-state index contributed by atoms with van der Waals surface area (Å²) in [5.74, 6) is 0.896. The van der Waals surface area contributed by atoms with Crippen molar-refractivity contribution >= 4 is 21.4 Å². The molecule has 2 aromatic rings. The molecule has 2 rings (SSSR count). The van der Waals surface area contributed by atoms with Gasteiger partial charge in [-0.05, 0) is 35.0 Å². The van der Waals surface area contributed by atoms with E-state index in [1.54, 1.807) is 10.7 Å². The van der Waals surface area contributed by atoms with Crippen molar-refractivity contribution in [2.24, 2.45) is 0 Å². The van der Waals surface area contributed by atoms with Crippen LogP contribution in [-0.4, -0.2) is 14.6 Å². The maximum absolute atomic E-state index is 4.21. The van der Waals surface area contributed by atoms with Gasteiger partial charge >= 0.3 is 0 Å². The molecule has 0 saturated heterocycles. The first kappa shape index (κ1) is 6.79. The Hall–Kier alpha value is -0.900. The van der Waals surface area contributed by atoms with Crippen LogP contribution in [0.2, 0.25) is 0 Å². The molecule has 0 amide bonds. The third-order valence-electron chi connectivity index (χ3n) is 1.53. The predicted molar refractivity (Wildman–Crippen MR) is 45.4 cm³/mol. The minimum Gasteiger partial charge on any atom is -0.224 e. The second kappa shape index (κ2) is 2.30. The van der Waals surface area contributed by atoms with Crippen molar-refractivity contribution in [2.45, 2.75) is 6.92 Å². The normalized spacial score (nSPS) is 10.7. The number of halogens is 1. The minimum atomic E-state index is 0.850. The van der Waals surface area contributed by atoms with E-state index in [1.165, 1.54) is 0 Å². The molecule has 0 aliphatic rings. The Balaban J connectivity index is 2.95. The van der Waals surface area contributed by atoms with Gasteiger partial charge in [-0.1, -0.05) is 0 Å². The van der Waals surface area contributed by atoms with Crippen molar-refractivity contribution in [2.75, 3.05) is 0 Å². The van der Waals surface area contributed by atoms with Crippen LogP contribution in [0.15, 0.2) is 22.9 Å². The molecular weight excluding hydrogens is 206 g/mol. The fourth-order valence-electron chi connectivity index (χ4n) is 1.03. The summed E-state index contributed by atoms with van der Waals surface area (Å²) in [5, 5.41) is 4.13. The third-order valence-corrected chi connectivity index (χ3v) is 2.11. The highest BCUT2D eigenvalue weighted by atomic mass is 79.9. The van der Waals surface area contributed by atoms with E-state index in [-0.39, 0.29) is 0 Å². The van der Waals surface area contributed by atoms with E-state index in [9.17, 15) is 0 Å². The summed E-state index contributed by atoms with van der Waals surface area (Å²) in [6.07, 6.45) is 1.74. The van der Waals surface area contributed by atoms with E-state index in [2.05, 4.69) is 26.0 Å². The highest BCUT2D eigenvalue weighted by Gasteiger charge is 2.03. The number of aromatic nitrogens is 3. The molecule has 0 unspecified atom stereocenters. The first-order valence-corrected chi connectivity index (χ1v) is 4.04. The molecule has 0 aliphatic carbocycles. The summed E-state index contributed by atoms with van der Waals surface area (Å²) >= 11 is 3.35. The van der Waals surface area contributed by atoms with Crippen molar-refractivity contribution in [1.82, 2.24) is 14.6 Å². The number of hydrogen-bond donors (Lipinski definition) is 0. The summed E-state index contributed by atoms with van der Waals surface area (Å²) in [6.45, 7) is 1.92. The molecule has 56 valence electrons. The number of rotatable bonds is 0. The molecule has 3 nitrogen and oxygen atoms in total. The molecule has 0 aromatic carbocycles. The average Bonchev–Trinajstić information content (AvgIpc) is 2.30. The Morgan fingerprint density at radius 2 is 2.36 bits per heavy atom. The second-order valence-corrected chi connectivity index (χ2v) is 3.02. The zero-order valence-electron chi connectivity index (χ0n) is 5.95. The Morgan fingerprint density at radius 1 is 1.55 bits per heavy atom. The van der Waals surface area contributed by atoms with Gasteiger partial charge in [-0.15, -0.1) is 0 Å². The van der Waals surface area contributed by atoms with Crippen LogP contribution in [-0.2, 0) is 0 Å². The lowest BCUT2D eigenvalue weighted by Crippen LogP contribution is -1.91. The largest absolute Gasteiger partial charge is 0.224 e. The average molecular weight is 212 g/mol. The van der Waals surface area contributed by atoms with Gasteiger partial charge in [0.15, 0.2) is 0 Å². The SMILES string of the molecule is Cc1nc(Br)c2cccnn12. The van der Waals surface area contributed by atoms with Crippen LogP contribution in [0.1, 0.15) is 5.82 Å². The highest BCUT2D eigenvalue weighted by molar-refractivity contribution is 9.10. The number of imidazole rings is 1. The van der Waals surface area contributed by atoms with E-state index in [1.807, 2.05) is 19.1 Å². The van der Waals surface area contributed by atoms with Crippen molar-refractivity contribution in [1.29, 1.82) is 0 Å². The molecule has 0 radical (unpaired) electrons. The third kappa shape index (κ3) is 0.939. The molecule has 2 aromatic heterocycles. The molecule has 0 atom stereocenters. The van der Waals surface area contributed by atoms with Crippen LogP contribution in [0.25, 0.3) is 5.52 Å². The van der Waals surface area contributed by atoms with Crippen LogP contribution in [0, 0.1) is 6.92 Å². The van der Waals surface area contributed by atoms with Crippen LogP contribution in [0.3, 0.4) is 0 Å². The summed E-state index contributed by atoms with van der Waals surface area (Å²) < 4.78 is 2.65. The summed E-state index contributed by atoms with van der Waals surface area (Å²) in [7, 11) is 0. The molecular formula is C7H6BrN3. The standard InChI is InChI=1S/C7H6BrN3/c1-5-10-7(8)6-3-2-4-9-11(5)6/h2-4H,1H3. The zero-order valence-corrected chi connectivity index (χ0v) is 7.54. The Kier molecular flexibility index (Phi) is 1.42. The first-order chi connectivity index (χ1) is 5.29. The number of aryl methyl sites for hydroxylation is 1. The Labute approximate surface area is 72.2 Å². The maximum atomic E-state index is 4.21. The van der Waals surface area contributed by atoms with E-state index < -0.39 is 0 Å². The number of fused-ring (bicyclic) bond motifs is 1. The van der Waals surface area contributed by atoms with E-state index in [0.29, 0.717) is 0 Å². The van der Waals surface area contributed by atoms with Gasteiger partial charge in [-0.25, -0.2) is 9.50 Å². The lowest BCUT2D eigenvalue weighted by atomic mass is 10.5. The number of nitrogens with zero attached hydrogens (tertiary/aromatic N) is 3. The van der Waals surface area contributed by atoms with Crippen molar-refractivity contribution < 1.29 is 0 Å². The molecule has 4 heteroatoms. The fraction of sp³-hybridized carbons (Fsp3) is 0.143. The predicted octanol–water partition coefficient (Wildman–Crippen LogP) is 1.80. The van der Waals surface area contributed by atoms with Gasteiger partial charge in [-0.3, -0.25) is 0 Å². The van der Waals surface area contributed by atoms with E-state index in [4.69, 9.17) is 0 Å². The van der Waals surface area contributed by atoms with Gasteiger partial charge in [-0.2, -0.15) is 5.10 Å². The molecule has 0 saturated carbocycles. The van der Waals surface area contributed by atoms with Crippen molar-refractivity contribution in [3.8, 4) is 0 Å². The lowest BCUT2D eigenvalue weighted by Gasteiger charge is -1.90. The van der Waals surface area contributed by atoms with E-state index in [0.717, 1.165) is 15.9 Å². The first-order valence-electron chi connectivity index (χ1n) is 3.25. The molecule has 2 heterocycles. The lowest BCUT2D eigenvalue weighted by molar-refractivity contribution is 0.876. The smallest absolute Gasteiger partial charge is 0.133 e. The summed E-state index contributed by atoms with van der Waals surface area (Å²) in [6, 6.07) is 3.86. The van der Waals surface area contributed by atoms with Crippen molar-refractivity contribution in [3.63, 3.8) is 0 Å². The molecule has 0 spiro atoms. The van der Waals surface area contributed by atoms with Gasteiger partial charge in [0, 0.05) is 6.20 Å². The Bertz CT molecular complexity index is 357. The Morgan fingerprint density at radius 3 is 3.09 bits per heavy atom. The van der Waals surface area contributed by atoms with Gasteiger partial charge in [0.25, 0.3) is 0 Å². The molecule has 0 N–H and O–H groups in total. The van der Waals surface area contributed by atoms with Crippen LogP contribution < -0.4 is 0 Å². The van der Waals surface area contributed by atoms with Gasteiger partial charge in [0.2, 0.25) is 0 Å². The second-order valence-electron chi connectivity index (χ2n) is 2.27. The highest BCUT2D eigenvalue weighted by Crippen LogP contribution is 2.16. The molecule has 11 heavy (non-hydrogen) atoms. The van der Waals surface area contributed by atoms with E-state index >= 15 is 0 Å². The van der Waals surface area contributed by atoms with Gasteiger partial charge < -0.3 is 0 Å². The van der Waals surface area contributed by atoms with Crippen LogP contribution in [0.4, 0.5) is 0 Å². The number of hydrogen-bond acceptors (Lipinski definition) is 2. The maximum Gasteiger partial charge on any atom is 0.133 e. The van der Waals surface area contributed by atoms with Gasteiger partial charge in [0.05, 0.1) is 5.52 Å².